The van der Waals surface area contributed by atoms with Crippen LogP contribution in [-0.4, -0.2) is 15.8 Å². The van der Waals surface area contributed by atoms with Crippen molar-refractivity contribution in [3.05, 3.63) is 61.2 Å². The van der Waals surface area contributed by atoms with Crippen molar-refractivity contribution in [1.29, 1.82) is 0 Å². The zero-order valence-corrected chi connectivity index (χ0v) is 11.1. The lowest BCUT2D eigenvalue weighted by molar-refractivity contribution is -0.120. The van der Waals surface area contributed by atoms with E-state index >= 15 is 0 Å². The third-order valence-electron chi connectivity index (χ3n) is 2.54. The van der Waals surface area contributed by atoms with Crippen LogP contribution in [0.1, 0.15) is 32.1 Å². The fourth-order valence-electron chi connectivity index (χ4n) is 1.57. The van der Waals surface area contributed by atoms with Crippen molar-refractivity contribution in [2.75, 3.05) is 0 Å². The molecule has 0 N–H and O–H groups in total. The molecular formula is C16H20N2O. The van der Waals surface area contributed by atoms with Crippen molar-refractivity contribution in [2.24, 2.45) is 0 Å². The van der Waals surface area contributed by atoms with Crippen LogP contribution in [0.15, 0.2) is 61.2 Å². The van der Waals surface area contributed by atoms with Gasteiger partial charge in [0, 0.05) is 37.6 Å². The molecule has 0 saturated heterocycles. The van der Waals surface area contributed by atoms with Crippen molar-refractivity contribution in [2.45, 2.75) is 32.1 Å². The normalized spacial score (nSPS) is 13.4. The first-order chi connectivity index (χ1) is 9.39. The third-order valence-corrected chi connectivity index (χ3v) is 2.54. The summed E-state index contributed by atoms with van der Waals surface area (Å²) in [6.07, 6.45) is 12.2. The monoisotopic (exact) mass is 256 g/mol. The summed E-state index contributed by atoms with van der Waals surface area (Å²) in [7, 11) is 0. The van der Waals surface area contributed by atoms with Gasteiger partial charge in [0.15, 0.2) is 0 Å². The molecule has 0 atom stereocenters. The van der Waals surface area contributed by atoms with E-state index in [2.05, 4.69) is 9.97 Å². The molecule has 2 aromatic rings. The van der Waals surface area contributed by atoms with Crippen LogP contribution in [-0.2, 0) is 4.79 Å². The van der Waals surface area contributed by atoms with Crippen LogP contribution in [0.2, 0.25) is 0 Å². The Bertz CT molecular complexity index is 324. The first-order valence-electron chi connectivity index (χ1n) is 6.61. The summed E-state index contributed by atoms with van der Waals surface area (Å²) < 4.78 is 0. The standard InChI is InChI=1S/C6H10O.2C5H5N/c7-6-4-2-1-3-5-6;2*1-2-4-6-5-3-1/h1-5H2;2*1-5H. The summed E-state index contributed by atoms with van der Waals surface area (Å²) in [5.41, 5.74) is 0. The molecule has 19 heavy (non-hydrogen) atoms. The molecule has 0 amide bonds. The highest BCUT2D eigenvalue weighted by molar-refractivity contribution is 5.78. The van der Waals surface area contributed by atoms with Gasteiger partial charge in [0.1, 0.15) is 5.78 Å². The molecular weight excluding hydrogens is 236 g/mol. The van der Waals surface area contributed by atoms with E-state index in [0.29, 0.717) is 5.78 Å². The number of hydrogen-bond acceptors (Lipinski definition) is 3. The van der Waals surface area contributed by atoms with Crippen molar-refractivity contribution in [1.82, 2.24) is 9.97 Å². The van der Waals surface area contributed by atoms with E-state index in [1.807, 2.05) is 36.4 Å². The van der Waals surface area contributed by atoms with Gasteiger partial charge in [0.2, 0.25) is 0 Å². The lowest BCUT2D eigenvalue weighted by atomic mass is 10.00. The quantitative estimate of drug-likeness (QED) is 0.722. The molecule has 1 aliphatic rings. The van der Waals surface area contributed by atoms with Gasteiger partial charge in [-0.05, 0) is 37.1 Å². The third kappa shape index (κ3) is 9.65. The van der Waals surface area contributed by atoms with Crippen molar-refractivity contribution in [3.63, 3.8) is 0 Å². The summed E-state index contributed by atoms with van der Waals surface area (Å²) >= 11 is 0. The molecule has 0 aromatic carbocycles. The van der Waals surface area contributed by atoms with Gasteiger partial charge in [-0.1, -0.05) is 18.6 Å². The van der Waals surface area contributed by atoms with Gasteiger partial charge < -0.3 is 0 Å². The van der Waals surface area contributed by atoms with Gasteiger partial charge in [-0.25, -0.2) is 0 Å². The summed E-state index contributed by atoms with van der Waals surface area (Å²) in [4.78, 5) is 18.0. The molecule has 2 aromatic heterocycles. The molecule has 1 fully saturated rings. The minimum Gasteiger partial charge on any atom is -0.300 e. The second-order valence-electron chi connectivity index (χ2n) is 4.15. The summed E-state index contributed by atoms with van der Waals surface area (Å²) in [6, 6.07) is 11.4. The van der Waals surface area contributed by atoms with Crippen LogP contribution >= 0.6 is 0 Å². The van der Waals surface area contributed by atoms with Crippen molar-refractivity contribution >= 4 is 5.78 Å². The smallest absolute Gasteiger partial charge is 0.132 e. The molecule has 2 heterocycles. The Morgan fingerprint density at radius 1 is 0.632 bits per heavy atom. The minimum atomic E-state index is 0.464. The van der Waals surface area contributed by atoms with E-state index in [9.17, 15) is 4.79 Å². The molecule has 3 heteroatoms. The topological polar surface area (TPSA) is 42.9 Å². The number of aromatic nitrogens is 2. The van der Waals surface area contributed by atoms with Crippen LogP contribution in [0, 0.1) is 0 Å². The highest BCUT2D eigenvalue weighted by Crippen LogP contribution is 2.12. The predicted octanol–water partition coefficient (Wildman–Crippen LogP) is 3.68. The van der Waals surface area contributed by atoms with Gasteiger partial charge in [-0.15, -0.1) is 0 Å². The Balaban J connectivity index is 0.000000143. The Kier molecular flexibility index (Phi) is 8.77. The van der Waals surface area contributed by atoms with Gasteiger partial charge in [-0.3, -0.25) is 14.8 Å². The summed E-state index contributed by atoms with van der Waals surface area (Å²) in [6.45, 7) is 0. The second-order valence-corrected chi connectivity index (χ2v) is 4.15. The number of carbonyl (C=O) groups is 1. The van der Waals surface area contributed by atoms with E-state index in [1.165, 1.54) is 6.42 Å². The molecule has 100 valence electrons. The fourth-order valence-corrected chi connectivity index (χ4v) is 1.57. The molecule has 0 radical (unpaired) electrons. The number of pyridine rings is 2. The molecule has 0 bridgehead atoms. The Labute approximate surface area is 114 Å². The molecule has 0 unspecified atom stereocenters. The number of carbonyl (C=O) groups excluding carboxylic acids is 1. The minimum absolute atomic E-state index is 0.464. The van der Waals surface area contributed by atoms with Gasteiger partial charge in [-0.2, -0.15) is 0 Å². The van der Waals surface area contributed by atoms with E-state index in [1.54, 1.807) is 24.8 Å². The fraction of sp³-hybridized carbons (Fsp3) is 0.312. The number of Topliss-reactive ketones (excluding diaryl/α,β-unsaturated/α-hetero) is 1. The number of ketones is 1. The van der Waals surface area contributed by atoms with Gasteiger partial charge in [0.05, 0.1) is 0 Å². The number of nitrogens with zero attached hydrogens (tertiary/aromatic N) is 2. The molecule has 0 spiro atoms. The van der Waals surface area contributed by atoms with Gasteiger partial charge in [0.25, 0.3) is 0 Å². The first-order valence-corrected chi connectivity index (χ1v) is 6.61. The maximum absolute atomic E-state index is 10.5. The summed E-state index contributed by atoms with van der Waals surface area (Å²) in [5.74, 6) is 0.464. The maximum atomic E-state index is 10.5. The zero-order valence-electron chi connectivity index (χ0n) is 11.1. The zero-order chi connectivity index (χ0) is 13.6. The first kappa shape index (κ1) is 15.0. The molecule has 0 aliphatic heterocycles. The van der Waals surface area contributed by atoms with Crippen LogP contribution in [0.5, 0.6) is 0 Å². The average molecular weight is 256 g/mol. The Morgan fingerprint density at radius 3 is 1.21 bits per heavy atom. The number of hydrogen-bond donors (Lipinski definition) is 0. The van der Waals surface area contributed by atoms with Gasteiger partial charge >= 0.3 is 0 Å². The molecule has 3 rings (SSSR count). The van der Waals surface area contributed by atoms with E-state index in [-0.39, 0.29) is 0 Å². The number of rotatable bonds is 0. The SMILES string of the molecule is O=C1CCCCC1.c1ccncc1.c1ccncc1. The molecule has 1 aliphatic carbocycles. The Morgan fingerprint density at radius 2 is 1.05 bits per heavy atom. The largest absolute Gasteiger partial charge is 0.300 e. The van der Waals surface area contributed by atoms with Crippen molar-refractivity contribution < 1.29 is 4.79 Å². The van der Waals surface area contributed by atoms with E-state index in [0.717, 1.165) is 25.7 Å². The van der Waals surface area contributed by atoms with Crippen molar-refractivity contribution in [3.8, 4) is 0 Å². The maximum Gasteiger partial charge on any atom is 0.132 e. The van der Waals surface area contributed by atoms with Crippen LogP contribution in [0.4, 0.5) is 0 Å². The average Bonchev–Trinajstić information content (AvgIpc) is 2.53. The van der Waals surface area contributed by atoms with Crippen LogP contribution < -0.4 is 0 Å². The lowest BCUT2D eigenvalue weighted by Crippen LogP contribution is -2.02. The summed E-state index contributed by atoms with van der Waals surface area (Å²) in [5, 5.41) is 0. The van der Waals surface area contributed by atoms with Crippen LogP contribution in [0.3, 0.4) is 0 Å². The molecule has 3 nitrogen and oxygen atoms in total. The second kappa shape index (κ2) is 11.1. The van der Waals surface area contributed by atoms with E-state index in [4.69, 9.17) is 0 Å². The lowest BCUT2D eigenvalue weighted by Gasteiger charge is -2.05. The highest BCUT2D eigenvalue weighted by Gasteiger charge is 2.05. The van der Waals surface area contributed by atoms with Crippen LogP contribution in [0.25, 0.3) is 0 Å². The van der Waals surface area contributed by atoms with E-state index < -0.39 is 0 Å². The highest BCUT2D eigenvalue weighted by atomic mass is 16.1. The predicted molar refractivity (Wildman–Crippen MR) is 76.6 cm³/mol. The Hall–Kier alpha value is -2.03. The molecule has 1 saturated carbocycles.